The highest BCUT2D eigenvalue weighted by Gasteiger charge is 2.58. The van der Waals surface area contributed by atoms with Crippen molar-refractivity contribution in [3.63, 3.8) is 0 Å². The Morgan fingerprint density at radius 3 is 2.97 bits per heavy atom. The van der Waals surface area contributed by atoms with E-state index in [1.807, 2.05) is 18.2 Å². The van der Waals surface area contributed by atoms with E-state index in [9.17, 15) is 14.7 Å². The number of carbonyl (C=O) groups excluding carboxylic acids is 2. The number of benzene rings is 1. The zero-order chi connectivity index (χ0) is 21.6. The number of phenolic OH excluding ortho intramolecular Hbond substituents is 1. The van der Waals surface area contributed by atoms with E-state index in [0.717, 1.165) is 37.7 Å². The number of Topliss-reactive ketones (excluding diaryl/α,β-unsaturated/α-hetero) is 1. The van der Waals surface area contributed by atoms with Gasteiger partial charge in [0.2, 0.25) is 5.91 Å². The fourth-order valence-corrected chi connectivity index (χ4v) is 6.68. The molecule has 5 rings (SSSR count). The van der Waals surface area contributed by atoms with Gasteiger partial charge < -0.3 is 10.4 Å². The van der Waals surface area contributed by atoms with Crippen LogP contribution in [0.15, 0.2) is 42.7 Å². The zero-order valence-electron chi connectivity index (χ0n) is 18.0. The van der Waals surface area contributed by atoms with Crippen molar-refractivity contribution in [2.24, 2.45) is 23.2 Å². The largest absolute Gasteiger partial charge is 0.508 e. The highest BCUT2D eigenvalue weighted by molar-refractivity contribution is 5.93. The molecule has 2 N–H and O–H groups in total. The molecule has 0 bridgehead atoms. The van der Waals surface area contributed by atoms with Crippen molar-refractivity contribution in [2.75, 3.05) is 0 Å². The molecular formula is C26H30N2O3. The van der Waals surface area contributed by atoms with Crippen LogP contribution in [0.3, 0.4) is 0 Å². The predicted molar refractivity (Wildman–Crippen MR) is 117 cm³/mol. The van der Waals surface area contributed by atoms with Crippen LogP contribution in [0.2, 0.25) is 0 Å². The van der Waals surface area contributed by atoms with Crippen LogP contribution in [0.4, 0.5) is 0 Å². The second-order valence-corrected chi connectivity index (χ2v) is 9.89. The lowest BCUT2D eigenvalue weighted by molar-refractivity contribution is -0.134. The molecule has 5 nitrogen and oxygen atoms in total. The summed E-state index contributed by atoms with van der Waals surface area (Å²) >= 11 is 0. The highest BCUT2D eigenvalue weighted by atomic mass is 16.3. The Kier molecular flexibility index (Phi) is 5.07. The van der Waals surface area contributed by atoms with Crippen LogP contribution in [-0.4, -0.2) is 21.8 Å². The smallest absolute Gasteiger partial charge is 0.220 e. The van der Waals surface area contributed by atoms with Gasteiger partial charge in [0, 0.05) is 36.7 Å². The number of ketones is 1. The number of rotatable bonds is 4. The van der Waals surface area contributed by atoms with Gasteiger partial charge in [-0.1, -0.05) is 19.1 Å². The molecule has 1 aromatic carbocycles. The van der Waals surface area contributed by atoms with Crippen LogP contribution in [0.25, 0.3) is 0 Å². The Morgan fingerprint density at radius 2 is 2.16 bits per heavy atom. The topological polar surface area (TPSA) is 79.3 Å². The van der Waals surface area contributed by atoms with Crippen LogP contribution in [0, 0.1) is 23.2 Å². The number of carbonyl (C=O) groups is 2. The van der Waals surface area contributed by atoms with Crippen molar-refractivity contribution in [3.05, 3.63) is 59.4 Å². The molecule has 1 amide bonds. The summed E-state index contributed by atoms with van der Waals surface area (Å²) in [5.41, 5.74) is 3.29. The predicted octanol–water partition coefficient (Wildman–Crippen LogP) is 4.15. The maximum absolute atomic E-state index is 13.4. The molecule has 2 fully saturated rings. The van der Waals surface area contributed by atoms with Gasteiger partial charge in [-0.05, 0) is 84.7 Å². The summed E-state index contributed by atoms with van der Waals surface area (Å²) in [6.07, 6.45) is 8.50. The molecule has 3 aliphatic carbocycles. The number of nitrogens with zero attached hydrogens (tertiary/aromatic N) is 1. The van der Waals surface area contributed by atoms with Crippen molar-refractivity contribution < 1.29 is 14.7 Å². The van der Waals surface area contributed by atoms with Crippen molar-refractivity contribution in [1.82, 2.24) is 10.3 Å². The van der Waals surface area contributed by atoms with E-state index in [0.29, 0.717) is 35.8 Å². The molecule has 2 aromatic rings. The van der Waals surface area contributed by atoms with Gasteiger partial charge in [0.1, 0.15) is 11.5 Å². The Morgan fingerprint density at radius 1 is 1.29 bits per heavy atom. The first kappa shape index (κ1) is 20.2. The van der Waals surface area contributed by atoms with E-state index in [1.54, 1.807) is 18.5 Å². The van der Waals surface area contributed by atoms with Crippen LogP contribution in [0.5, 0.6) is 5.75 Å². The number of aromatic hydroxyl groups is 1. The SMILES string of the molecule is C[C@]12CC[C@@H]3c4ccc(O)cc4CC[C@H]3[C@@H]1CC(CC(=O)NCc1cccnc1)C2=O. The van der Waals surface area contributed by atoms with Crippen molar-refractivity contribution in [1.29, 1.82) is 0 Å². The minimum Gasteiger partial charge on any atom is -0.508 e. The van der Waals surface area contributed by atoms with Gasteiger partial charge in [-0.2, -0.15) is 0 Å². The van der Waals surface area contributed by atoms with E-state index in [1.165, 1.54) is 11.1 Å². The Bertz CT molecular complexity index is 1000. The number of fused-ring (bicyclic) bond motifs is 5. The summed E-state index contributed by atoms with van der Waals surface area (Å²) in [4.78, 5) is 30.1. The molecule has 1 unspecified atom stereocenters. The molecule has 0 saturated heterocycles. The highest BCUT2D eigenvalue weighted by Crippen LogP contribution is 2.61. The van der Waals surface area contributed by atoms with Crippen LogP contribution >= 0.6 is 0 Å². The molecule has 0 radical (unpaired) electrons. The number of pyridine rings is 1. The first-order valence-electron chi connectivity index (χ1n) is 11.5. The van der Waals surface area contributed by atoms with Crippen LogP contribution < -0.4 is 5.32 Å². The number of aryl methyl sites for hydroxylation is 1. The third kappa shape index (κ3) is 3.54. The van der Waals surface area contributed by atoms with E-state index >= 15 is 0 Å². The van der Waals surface area contributed by atoms with E-state index in [2.05, 4.69) is 23.3 Å². The number of hydrogen-bond donors (Lipinski definition) is 2. The molecule has 0 spiro atoms. The third-order valence-corrected chi connectivity index (χ3v) is 8.22. The molecule has 3 aliphatic rings. The fraction of sp³-hybridized carbons (Fsp3) is 0.500. The average molecular weight is 419 g/mol. The minimum atomic E-state index is -0.302. The van der Waals surface area contributed by atoms with Crippen LogP contribution in [-0.2, 0) is 22.6 Å². The van der Waals surface area contributed by atoms with E-state index in [-0.39, 0.29) is 23.7 Å². The number of hydrogen-bond acceptors (Lipinski definition) is 4. The molecule has 31 heavy (non-hydrogen) atoms. The third-order valence-electron chi connectivity index (χ3n) is 8.22. The van der Waals surface area contributed by atoms with Crippen LogP contribution in [0.1, 0.15) is 61.6 Å². The molecule has 0 aliphatic heterocycles. The summed E-state index contributed by atoms with van der Waals surface area (Å²) in [7, 11) is 0. The maximum atomic E-state index is 13.4. The van der Waals surface area contributed by atoms with Crippen molar-refractivity contribution in [2.45, 2.75) is 57.9 Å². The van der Waals surface area contributed by atoms with Gasteiger partial charge in [0.25, 0.3) is 0 Å². The quantitative estimate of drug-likeness (QED) is 0.782. The van der Waals surface area contributed by atoms with E-state index in [4.69, 9.17) is 0 Å². The van der Waals surface area contributed by atoms with Crippen molar-refractivity contribution in [3.8, 4) is 5.75 Å². The summed E-state index contributed by atoms with van der Waals surface area (Å²) in [5.74, 6) is 1.71. The maximum Gasteiger partial charge on any atom is 0.220 e. The van der Waals surface area contributed by atoms with E-state index < -0.39 is 0 Å². The monoisotopic (exact) mass is 418 g/mol. The number of phenols is 1. The Hall–Kier alpha value is -2.69. The number of aromatic nitrogens is 1. The molecule has 2 saturated carbocycles. The second kappa shape index (κ2) is 7.77. The Labute approximate surface area is 183 Å². The summed E-state index contributed by atoms with van der Waals surface area (Å²) in [5, 5.41) is 12.8. The minimum absolute atomic E-state index is 0.0505. The standard InChI is InChI=1S/C26H30N2O3/c1-26-9-8-21-20-7-5-19(29)11-17(20)4-6-22(21)23(26)12-18(25(26)31)13-24(30)28-15-16-3-2-10-27-14-16/h2-3,5,7,10-11,14,18,21-23,29H,4,6,8-9,12-13,15H2,1H3,(H,28,30)/t18?,21-,22-,23+,26+/m1/s1. The first-order valence-corrected chi connectivity index (χ1v) is 11.5. The van der Waals surface area contributed by atoms with Gasteiger partial charge in [-0.25, -0.2) is 0 Å². The lowest BCUT2D eigenvalue weighted by Crippen LogP contribution is -2.42. The lowest BCUT2D eigenvalue weighted by Gasteiger charge is -2.48. The molecule has 162 valence electrons. The van der Waals surface area contributed by atoms with Gasteiger partial charge >= 0.3 is 0 Å². The lowest BCUT2D eigenvalue weighted by atomic mass is 9.55. The molecule has 1 heterocycles. The zero-order valence-corrected chi connectivity index (χ0v) is 18.0. The molecule has 1 aromatic heterocycles. The summed E-state index contributed by atoms with van der Waals surface area (Å²) in [6, 6.07) is 9.58. The normalized spacial score (nSPS) is 31.5. The number of amides is 1. The summed E-state index contributed by atoms with van der Waals surface area (Å²) in [6.45, 7) is 2.60. The molecule has 5 heteroatoms. The Balaban J connectivity index is 1.29. The van der Waals surface area contributed by atoms with Crippen molar-refractivity contribution >= 4 is 11.7 Å². The average Bonchev–Trinajstić information content (AvgIpc) is 3.03. The summed E-state index contributed by atoms with van der Waals surface area (Å²) < 4.78 is 0. The first-order chi connectivity index (χ1) is 15.0. The number of nitrogens with one attached hydrogen (secondary N) is 1. The second-order valence-electron chi connectivity index (χ2n) is 9.89. The fourth-order valence-electron chi connectivity index (χ4n) is 6.68. The van der Waals surface area contributed by atoms with Gasteiger partial charge in [0.05, 0.1) is 0 Å². The molecule has 5 atom stereocenters. The van der Waals surface area contributed by atoms with Gasteiger partial charge in [0.15, 0.2) is 0 Å². The van der Waals surface area contributed by atoms with Gasteiger partial charge in [-0.3, -0.25) is 14.6 Å². The molecular weight excluding hydrogens is 388 g/mol. The van der Waals surface area contributed by atoms with Gasteiger partial charge in [-0.15, -0.1) is 0 Å².